The summed E-state index contributed by atoms with van der Waals surface area (Å²) in [5, 5.41) is 3.50. The monoisotopic (exact) mass is 358 g/mol. The maximum Gasteiger partial charge on any atom is 0.261 e. The number of fused-ring (bicyclic) bond motifs is 1. The Bertz CT molecular complexity index is 843. The van der Waals surface area contributed by atoms with E-state index in [1.165, 1.54) is 18.3 Å². The molecule has 0 fully saturated rings. The molecule has 1 N–H and O–H groups in total. The number of hydrogen-bond acceptors (Lipinski definition) is 4. The minimum Gasteiger partial charge on any atom is -0.478 e. The molecule has 0 aliphatic carbocycles. The molecule has 0 saturated carbocycles. The van der Waals surface area contributed by atoms with Crippen LogP contribution in [0.5, 0.6) is 5.75 Å². The second kappa shape index (κ2) is 8.15. The smallest absolute Gasteiger partial charge is 0.261 e. The van der Waals surface area contributed by atoms with Gasteiger partial charge in [-0.1, -0.05) is 12.8 Å². The van der Waals surface area contributed by atoms with Crippen LogP contribution in [0.2, 0.25) is 0 Å². The van der Waals surface area contributed by atoms with Gasteiger partial charge in [-0.05, 0) is 32.4 Å². The lowest BCUT2D eigenvalue weighted by atomic mass is 10.1. The van der Waals surface area contributed by atoms with Crippen LogP contribution < -0.4 is 10.1 Å². The highest BCUT2D eigenvalue weighted by molar-refractivity contribution is 5.83. The lowest BCUT2D eigenvalue weighted by Gasteiger charge is -2.28. The summed E-state index contributed by atoms with van der Waals surface area (Å²) in [6, 6.07) is 4.50. The van der Waals surface area contributed by atoms with Crippen molar-refractivity contribution in [3.8, 4) is 18.1 Å². The van der Waals surface area contributed by atoms with Crippen molar-refractivity contribution in [3.63, 3.8) is 0 Å². The van der Waals surface area contributed by atoms with Gasteiger partial charge in [0.2, 0.25) is 0 Å². The van der Waals surface area contributed by atoms with E-state index in [-0.39, 0.29) is 11.7 Å². The Hall–Kier alpha value is -2.65. The van der Waals surface area contributed by atoms with Crippen LogP contribution in [0.3, 0.4) is 0 Å². The van der Waals surface area contributed by atoms with Crippen LogP contribution in [0.15, 0.2) is 24.4 Å². The molecular weight excluding hydrogens is 335 g/mol. The molecule has 1 heterocycles. The first-order chi connectivity index (χ1) is 12.3. The van der Waals surface area contributed by atoms with Gasteiger partial charge in [-0.25, -0.2) is 4.39 Å². The molecule has 26 heavy (non-hydrogen) atoms. The number of nitrogens with one attached hydrogen (secondary N) is 1. The summed E-state index contributed by atoms with van der Waals surface area (Å²) in [5.41, 5.74) is 0.490. The second-order valence-electron chi connectivity index (χ2n) is 6.66. The van der Waals surface area contributed by atoms with E-state index in [9.17, 15) is 9.18 Å². The standard InChI is InChI=1S/C20H23FN2O3/c1-6-13-8-14-9-18(15(21)10-16(14)22-11-13)26-17(7-2)19(24)23-20(3,4)12-25-5/h1,8-11,17H,7,12H2,2-5H3,(H,23,24). The summed E-state index contributed by atoms with van der Waals surface area (Å²) in [6.45, 7) is 5.82. The topological polar surface area (TPSA) is 60.5 Å². The molecule has 2 aromatic rings. The van der Waals surface area contributed by atoms with E-state index in [1.54, 1.807) is 20.1 Å². The average Bonchev–Trinajstić information content (AvgIpc) is 2.58. The molecular formula is C20H23FN2O3. The molecule has 138 valence electrons. The fourth-order valence-corrected chi connectivity index (χ4v) is 2.59. The summed E-state index contributed by atoms with van der Waals surface area (Å²) in [4.78, 5) is 16.6. The first kappa shape index (κ1) is 19.7. The lowest BCUT2D eigenvalue weighted by Crippen LogP contribution is -2.51. The predicted octanol–water partition coefficient (Wildman–Crippen LogP) is 3.05. The molecule has 1 atom stereocenters. The van der Waals surface area contributed by atoms with E-state index < -0.39 is 17.5 Å². The number of rotatable bonds is 7. The van der Waals surface area contributed by atoms with Crippen LogP contribution in [0, 0.1) is 18.2 Å². The molecule has 1 amide bonds. The number of carbonyl (C=O) groups is 1. The average molecular weight is 358 g/mol. The van der Waals surface area contributed by atoms with Crippen LogP contribution in [-0.4, -0.2) is 36.3 Å². The van der Waals surface area contributed by atoms with Crippen molar-refractivity contribution in [2.45, 2.75) is 38.8 Å². The normalized spacial score (nSPS) is 12.5. The molecule has 0 bridgehead atoms. The zero-order valence-electron chi connectivity index (χ0n) is 15.4. The number of carbonyl (C=O) groups excluding carboxylic acids is 1. The predicted molar refractivity (Wildman–Crippen MR) is 98.4 cm³/mol. The van der Waals surface area contributed by atoms with Crippen LogP contribution in [-0.2, 0) is 9.53 Å². The summed E-state index contributed by atoms with van der Waals surface area (Å²) in [6.07, 6.45) is 6.43. The number of pyridine rings is 1. The van der Waals surface area contributed by atoms with E-state index in [2.05, 4.69) is 16.2 Å². The summed E-state index contributed by atoms with van der Waals surface area (Å²) in [7, 11) is 1.56. The molecule has 1 aromatic carbocycles. The Balaban J connectivity index is 2.25. The lowest BCUT2D eigenvalue weighted by molar-refractivity contribution is -0.130. The molecule has 0 aliphatic heterocycles. The van der Waals surface area contributed by atoms with Crippen molar-refractivity contribution < 1.29 is 18.7 Å². The van der Waals surface area contributed by atoms with Crippen LogP contribution in [0.25, 0.3) is 10.9 Å². The fraction of sp³-hybridized carbons (Fsp3) is 0.400. The summed E-state index contributed by atoms with van der Waals surface area (Å²) in [5.74, 6) is 1.56. The van der Waals surface area contributed by atoms with E-state index >= 15 is 0 Å². The van der Waals surface area contributed by atoms with Gasteiger partial charge in [0, 0.05) is 30.3 Å². The van der Waals surface area contributed by atoms with E-state index in [0.29, 0.717) is 29.5 Å². The molecule has 6 heteroatoms. The van der Waals surface area contributed by atoms with Gasteiger partial charge in [-0.3, -0.25) is 9.78 Å². The van der Waals surface area contributed by atoms with E-state index in [1.807, 2.05) is 13.8 Å². The Kier molecular flexibility index (Phi) is 6.17. The van der Waals surface area contributed by atoms with Crippen molar-refractivity contribution in [2.24, 2.45) is 0 Å². The second-order valence-corrected chi connectivity index (χ2v) is 6.66. The number of ether oxygens (including phenoxy) is 2. The Morgan fingerprint density at radius 3 is 2.77 bits per heavy atom. The summed E-state index contributed by atoms with van der Waals surface area (Å²) < 4.78 is 25.1. The van der Waals surface area contributed by atoms with Crippen molar-refractivity contribution in [3.05, 3.63) is 35.8 Å². The number of nitrogens with zero attached hydrogens (tertiary/aromatic N) is 1. The highest BCUT2D eigenvalue weighted by atomic mass is 19.1. The minimum atomic E-state index is -0.832. The fourth-order valence-electron chi connectivity index (χ4n) is 2.59. The van der Waals surface area contributed by atoms with Crippen molar-refractivity contribution in [1.29, 1.82) is 0 Å². The number of benzene rings is 1. The molecule has 2 rings (SSSR count). The third kappa shape index (κ3) is 4.70. The van der Waals surface area contributed by atoms with Crippen LogP contribution in [0.4, 0.5) is 4.39 Å². The third-order valence-electron chi connectivity index (χ3n) is 3.80. The highest BCUT2D eigenvalue weighted by Crippen LogP contribution is 2.26. The minimum absolute atomic E-state index is 0.0139. The number of hydrogen-bond donors (Lipinski definition) is 1. The molecule has 0 spiro atoms. The molecule has 0 saturated heterocycles. The highest BCUT2D eigenvalue weighted by Gasteiger charge is 2.27. The maximum absolute atomic E-state index is 14.4. The van der Waals surface area contributed by atoms with Gasteiger partial charge in [0.1, 0.15) is 0 Å². The van der Waals surface area contributed by atoms with Crippen molar-refractivity contribution in [2.75, 3.05) is 13.7 Å². The van der Waals surface area contributed by atoms with E-state index in [4.69, 9.17) is 15.9 Å². The van der Waals surface area contributed by atoms with Gasteiger partial charge in [0.25, 0.3) is 5.91 Å². The van der Waals surface area contributed by atoms with Crippen molar-refractivity contribution >= 4 is 16.8 Å². The largest absolute Gasteiger partial charge is 0.478 e. The Morgan fingerprint density at radius 1 is 1.42 bits per heavy atom. The molecule has 1 unspecified atom stereocenters. The zero-order valence-corrected chi connectivity index (χ0v) is 15.4. The van der Waals surface area contributed by atoms with Crippen molar-refractivity contribution in [1.82, 2.24) is 10.3 Å². The van der Waals surface area contributed by atoms with Gasteiger partial charge < -0.3 is 14.8 Å². The maximum atomic E-state index is 14.4. The molecule has 5 nitrogen and oxygen atoms in total. The number of methoxy groups -OCH3 is 1. The quantitative estimate of drug-likeness (QED) is 0.773. The van der Waals surface area contributed by atoms with Gasteiger partial charge >= 0.3 is 0 Å². The van der Waals surface area contributed by atoms with Gasteiger partial charge in [-0.15, -0.1) is 6.42 Å². The van der Waals surface area contributed by atoms with E-state index in [0.717, 1.165) is 0 Å². The SMILES string of the molecule is C#Cc1cnc2cc(F)c(OC(CC)C(=O)NC(C)(C)COC)cc2c1. The third-order valence-corrected chi connectivity index (χ3v) is 3.80. The number of halogens is 1. The zero-order chi connectivity index (χ0) is 19.3. The Morgan fingerprint density at radius 2 is 2.15 bits per heavy atom. The molecule has 0 radical (unpaired) electrons. The van der Waals surface area contributed by atoms with Crippen LogP contribution >= 0.6 is 0 Å². The molecule has 0 aliphatic rings. The van der Waals surface area contributed by atoms with Gasteiger partial charge in [-0.2, -0.15) is 0 Å². The number of amides is 1. The first-order valence-electron chi connectivity index (χ1n) is 8.33. The number of aromatic nitrogens is 1. The number of terminal acetylenes is 1. The Labute approximate surface area is 152 Å². The summed E-state index contributed by atoms with van der Waals surface area (Å²) >= 11 is 0. The van der Waals surface area contributed by atoms with Gasteiger partial charge in [0.15, 0.2) is 17.7 Å². The first-order valence-corrected chi connectivity index (χ1v) is 8.33. The van der Waals surface area contributed by atoms with Crippen LogP contribution in [0.1, 0.15) is 32.8 Å². The van der Waals surface area contributed by atoms with Gasteiger partial charge in [0.05, 0.1) is 17.7 Å². The molecule has 1 aromatic heterocycles.